The fourth-order valence-electron chi connectivity index (χ4n) is 6.43. The lowest BCUT2D eigenvalue weighted by Gasteiger charge is -2.28. The smallest absolute Gasteiger partial charge is 0.251 e. The highest BCUT2D eigenvalue weighted by Gasteiger charge is 2.54. The Hall–Kier alpha value is -3.82. The van der Waals surface area contributed by atoms with Crippen molar-refractivity contribution in [3.05, 3.63) is 70.8 Å². The summed E-state index contributed by atoms with van der Waals surface area (Å²) in [7, 11) is 0. The monoisotopic (exact) mass is 631 g/mol. The lowest BCUT2D eigenvalue weighted by Crippen LogP contribution is -2.48. The SMILES string of the molecule is O=C(NC[C@H]1C[C@@H](NC(=O)[C@@H]2C[C@H](F)CN2)CN1C(=O)C1(CO)CC1)c1ccc(C#Cc2ccc(CN3CCOCC3)cc2)cc1. The number of morpholine rings is 1. The third-order valence-electron chi connectivity index (χ3n) is 9.49. The van der Waals surface area contributed by atoms with Crippen LogP contribution in [0.2, 0.25) is 0 Å². The molecule has 46 heavy (non-hydrogen) atoms. The minimum atomic E-state index is -1.05. The molecule has 11 heteroatoms. The molecule has 244 valence electrons. The molecule has 4 fully saturated rings. The van der Waals surface area contributed by atoms with E-state index in [1.807, 2.05) is 24.3 Å². The van der Waals surface area contributed by atoms with Crippen molar-refractivity contribution in [2.24, 2.45) is 5.41 Å². The van der Waals surface area contributed by atoms with E-state index in [0.29, 0.717) is 24.8 Å². The number of benzene rings is 2. The van der Waals surface area contributed by atoms with E-state index >= 15 is 0 Å². The van der Waals surface area contributed by atoms with Crippen LogP contribution in [-0.2, 0) is 20.9 Å². The Balaban J connectivity index is 1.03. The number of ether oxygens (including phenoxy) is 1. The average Bonchev–Trinajstić information content (AvgIpc) is 3.60. The van der Waals surface area contributed by atoms with Gasteiger partial charge in [-0.2, -0.15) is 0 Å². The van der Waals surface area contributed by atoms with E-state index < -0.39 is 17.6 Å². The molecule has 0 radical (unpaired) electrons. The summed E-state index contributed by atoms with van der Waals surface area (Å²) in [5.74, 6) is 5.64. The van der Waals surface area contributed by atoms with Gasteiger partial charge in [-0.15, -0.1) is 0 Å². The molecule has 1 saturated carbocycles. The summed E-state index contributed by atoms with van der Waals surface area (Å²) < 4.78 is 19.0. The number of alkyl halides is 1. The van der Waals surface area contributed by atoms with Crippen molar-refractivity contribution >= 4 is 17.7 Å². The highest BCUT2D eigenvalue weighted by molar-refractivity contribution is 5.94. The van der Waals surface area contributed by atoms with Crippen LogP contribution in [-0.4, -0.2) is 109 Å². The number of carbonyl (C=O) groups excluding carboxylic acids is 3. The quantitative estimate of drug-likeness (QED) is 0.307. The van der Waals surface area contributed by atoms with E-state index in [1.165, 1.54) is 5.56 Å². The normalized spacial score (nSPS) is 25.4. The number of hydrogen-bond acceptors (Lipinski definition) is 7. The summed E-state index contributed by atoms with van der Waals surface area (Å²) in [5.41, 5.74) is 2.65. The molecule has 6 rings (SSSR count). The Kier molecular flexibility index (Phi) is 9.99. The van der Waals surface area contributed by atoms with Gasteiger partial charge in [0.1, 0.15) is 6.17 Å². The van der Waals surface area contributed by atoms with Crippen molar-refractivity contribution in [3.63, 3.8) is 0 Å². The molecule has 3 amide bonds. The van der Waals surface area contributed by atoms with E-state index in [-0.39, 0.29) is 62.5 Å². The molecule has 3 heterocycles. The second-order valence-electron chi connectivity index (χ2n) is 12.9. The van der Waals surface area contributed by atoms with Crippen molar-refractivity contribution in [3.8, 4) is 11.8 Å². The van der Waals surface area contributed by atoms with Crippen LogP contribution in [0.5, 0.6) is 0 Å². The molecule has 4 aliphatic rings. The van der Waals surface area contributed by atoms with Gasteiger partial charge in [-0.25, -0.2) is 4.39 Å². The van der Waals surface area contributed by atoms with Crippen LogP contribution in [0.4, 0.5) is 4.39 Å². The van der Waals surface area contributed by atoms with Gasteiger partial charge in [0.05, 0.1) is 37.3 Å². The summed E-state index contributed by atoms with van der Waals surface area (Å²) in [4.78, 5) is 43.2. The standard InChI is InChI=1S/C35H42FN5O5/c36-28-17-31(37-19-28)33(44)39-29-18-30(41(22-29)34(45)35(23-42)11-12-35)20-38-32(43)27-9-7-25(8-10-27)2-1-24-3-5-26(6-4-24)21-40-13-15-46-16-14-40/h3-10,28-31,37,42H,11-23H2,(H,38,43)(H,39,44)/t28-,29+,30+,31-/m0/s1. The Bertz CT molecular complexity index is 1460. The minimum Gasteiger partial charge on any atom is -0.395 e. The first-order valence-corrected chi connectivity index (χ1v) is 16.2. The summed E-state index contributed by atoms with van der Waals surface area (Å²) in [6.45, 7) is 4.76. The van der Waals surface area contributed by atoms with Gasteiger partial charge in [0.15, 0.2) is 0 Å². The molecule has 10 nitrogen and oxygen atoms in total. The van der Waals surface area contributed by atoms with Crippen molar-refractivity contribution in [1.82, 2.24) is 25.8 Å². The van der Waals surface area contributed by atoms with E-state index in [1.54, 1.807) is 17.0 Å². The Morgan fingerprint density at radius 2 is 1.67 bits per heavy atom. The number of rotatable bonds is 9. The summed E-state index contributed by atoms with van der Waals surface area (Å²) in [5, 5.41) is 18.7. The van der Waals surface area contributed by atoms with E-state index in [9.17, 15) is 23.9 Å². The predicted octanol–water partition coefficient (Wildman–Crippen LogP) is 1.21. The van der Waals surface area contributed by atoms with Crippen LogP contribution in [0, 0.1) is 17.3 Å². The number of aliphatic hydroxyl groups is 1. The molecular formula is C35H42FN5O5. The average molecular weight is 632 g/mol. The van der Waals surface area contributed by atoms with Crippen LogP contribution < -0.4 is 16.0 Å². The van der Waals surface area contributed by atoms with Crippen LogP contribution in [0.3, 0.4) is 0 Å². The number of halogens is 1. The van der Waals surface area contributed by atoms with Gasteiger partial charge in [-0.3, -0.25) is 19.3 Å². The maximum atomic E-state index is 13.6. The van der Waals surface area contributed by atoms with Crippen molar-refractivity contribution in [1.29, 1.82) is 0 Å². The van der Waals surface area contributed by atoms with Crippen molar-refractivity contribution in [2.75, 3.05) is 52.5 Å². The largest absolute Gasteiger partial charge is 0.395 e. The molecule has 0 aromatic heterocycles. The minimum absolute atomic E-state index is 0.126. The molecule has 4 N–H and O–H groups in total. The topological polar surface area (TPSA) is 123 Å². The zero-order valence-corrected chi connectivity index (χ0v) is 26.0. The molecule has 0 spiro atoms. The first-order valence-electron chi connectivity index (χ1n) is 16.2. The number of carbonyl (C=O) groups is 3. The third-order valence-corrected chi connectivity index (χ3v) is 9.49. The van der Waals surface area contributed by atoms with Gasteiger partial charge in [-0.05, 0) is 61.2 Å². The third kappa shape index (κ3) is 7.76. The van der Waals surface area contributed by atoms with Gasteiger partial charge in [-0.1, -0.05) is 24.0 Å². The Morgan fingerprint density at radius 3 is 2.28 bits per heavy atom. The second-order valence-corrected chi connectivity index (χ2v) is 12.9. The molecule has 0 bridgehead atoms. The number of likely N-dealkylation sites (tertiary alicyclic amines) is 1. The first kappa shape index (κ1) is 32.1. The predicted molar refractivity (Wildman–Crippen MR) is 169 cm³/mol. The summed E-state index contributed by atoms with van der Waals surface area (Å²) in [6, 6.07) is 14.0. The van der Waals surface area contributed by atoms with Gasteiger partial charge < -0.3 is 30.7 Å². The fraction of sp³-hybridized carbons (Fsp3) is 0.514. The molecule has 3 aliphatic heterocycles. The van der Waals surface area contributed by atoms with Gasteiger partial charge in [0, 0.05) is 68.4 Å². The number of nitrogens with zero attached hydrogens (tertiary/aromatic N) is 2. The second kappa shape index (κ2) is 14.3. The number of aliphatic hydroxyl groups excluding tert-OH is 1. The van der Waals surface area contributed by atoms with E-state index in [0.717, 1.165) is 44.0 Å². The number of hydrogen-bond donors (Lipinski definition) is 4. The zero-order valence-electron chi connectivity index (χ0n) is 26.0. The Morgan fingerprint density at radius 1 is 1.00 bits per heavy atom. The summed E-state index contributed by atoms with van der Waals surface area (Å²) >= 11 is 0. The first-order chi connectivity index (χ1) is 22.3. The van der Waals surface area contributed by atoms with Gasteiger partial charge in [0.25, 0.3) is 5.91 Å². The van der Waals surface area contributed by atoms with Crippen molar-refractivity contribution < 1.29 is 28.6 Å². The van der Waals surface area contributed by atoms with Crippen molar-refractivity contribution in [2.45, 2.75) is 56.5 Å². The molecule has 0 unspecified atom stereocenters. The van der Waals surface area contributed by atoms with E-state index in [2.05, 4.69) is 44.8 Å². The lowest BCUT2D eigenvalue weighted by molar-refractivity contribution is -0.139. The van der Waals surface area contributed by atoms with Crippen LogP contribution in [0.1, 0.15) is 52.7 Å². The molecule has 2 aromatic carbocycles. The maximum absolute atomic E-state index is 13.6. The van der Waals surface area contributed by atoms with Gasteiger partial charge in [0.2, 0.25) is 11.8 Å². The van der Waals surface area contributed by atoms with E-state index in [4.69, 9.17) is 4.74 Å². The molecule has 3 saturated heterocycles. The van der Waals surface area contributed by atoms with Crippen LogP contribution >= 0.6 is 0 Å². The zero-order chi connectivity index (χ0) is 32.1. The number of amides is 3. The lowest BCUT2D eigenvalue weighted by atomic mass is 10.1. The number of nitrogens with one attached hydrogen (secondary N) is 3. The van der Waals surface area contributed by atoms with Crippen LogP contribution in [0.15, 0.2) is 48.5 Å². The maximum Gasteiger partial charge on any atom is 0.251 e. The highest BCUT2D eigenvalue weighted by Crippen LogP contribution is 2.47. The molecule has 1 aliphatic carbocycles. The molecular weight excluding hydrogens is 589 g/mol. The van der Waals surface area contributed by atoms with Gasteiger partial charge >= 0.3 is 0 Å². The van der Waals surface area contributed by atoms with Crippen LogP contribution in [0.25, 0.3) is 0 Å². The fourth-order valence-corrected chi connectivity index (χ4v) is 6.43. The molecule has 2 aromatic rings. The molecule has 4 atom stereocenters. The Labute approximate surface area is 269 Å². The highest BCUT2D eigenvalue weighted by atomic mass is 19.1. The summed E-state index contributed by atoms with van der Waals surface area (Å²) in [6.07, 6.45) is 0.766.